The van der Waals surface area contributed by atoms with E-state index < -0.39 is 0 Å². The number of benzene rings is 3. The maximum atomic E-state index is 11.6. The fourth-order valence-electron chi connectivity index (χ4n) is 3.59. The summed E-state index contributed by atoms with van der Waals surface area (Å²) < 4.78 is 10.8. The highest BCUT2D eigenvalue weighted by Gasteiger charge is 2.17. The van der Waals surface area contributed by atoms with Gasteiger partial charge in [0.2, 0.25) is 5.91 Å². The average molecular weight is 363 g/mol. The minimum atomic E-state index is -0.291. The second-order valence-electron chi connectivity index (χ2n) is 6.65. The van der Waals surface area contributed by atoms with Crippen LogP contribution in [-0.4, -0.2) is 20.1 Å². The van der Waals surface area contributed by atoms with Gasteiger partial charge in [-0.1, -0.05) is 42.5 Å². The van der Waals surface area contributed by atoms with E-state index in [1.54, 1.807) is 14.2 Å². The number of aryl methyl sites for hydroxylation is 1. The van der Waals surface area contributed by atoms with E-state index in [4.69, 9.17) is 15.2 Å². The molecule has 3 aromatic rings. The number of primary amides is 1. The lowest BCUT2D eigenvalue weighted by Crippen LogP contribution is -2.16. The Morgan fingerprint density at radius 2 is 1.70 bits per heavy atom. The summed E-state index contributed by atoms with van der Waals surface area (Å²) in [4.78, 5) is 11.6. The van der Waals surface area contributed by atoms with Crippen LogP contribution >= 0.6 is 0 Å². The molecule has 1 amide bonds. The van der Waals surface area contributed by atoms with E-state index in [2.05, 4.69) is 18.2 Å². The smallest absolute Gasteiger partial charge is 0.218 e. The normalized spacial score (nSPS) is 11.9. The molecule has 1 unspecified atom stereocenters. The van der Waals surface area contributed by atoms with Crippen LogP contribution in [-0.2, 0) is 11.2 Å². The van der Waals surface area contributed by atoms with Crippen molar-refractivity contribution in [1.82, 2.24) is 0 Å². The van der Waals surface area contributed by atoms with Gasteiger partial charge in [0, 0.05) is 12.0 Å². The molecule has 27 heavy (non-hydrogen) atoms. The molecule has 0 fully saturated rings. The molecule has 0 bridgehead atoms. The molecule has 3 aromatic carbocycles. The topological polar surface area (TPSA) is 61.6 Å². The summed E-state index contributed by atoms with van der Waals surface area (Å²) in [5.41, 5.74) is 7.77. The van der Waals surface area contributed by atoms with E-state index in [-0.39, 0.29) is 11.8 Å². The van der Waals surface area contributed by atoms with Crippen molar-refractivity contribution in [2.45, 2.75) is 25.2 Å². The molecule has 0 saturated carbocycles. The third-order valence-corrected chi connectivity index (χ3v) is 5.00. The van der Waals surface area contributed by atoms with Crippen molar-refractivity contribution in [2.24, 2.45) is 5.73 Å². The number of methoxy groups -OCH3 is 2. The fraction of sp³-hybridized carbons (Fsp3) is 0.261. The first-order valence-electron chi connectivity index (χ1n) is 9.09. The molecule has 0 saturated heterocycles. The Balaban J connectivity index is 1.89. The molecule has 0 aliphatic rings. The van der Waals surface area contributed by atoms with Crippen molar-refractivity contribution in [3.8, 4) is 11.5 Å². The summed E-state index contributed by atoms with van der Waals surface area (Å²) >= 11 is 0. The zero-order chi connectivity index (χ0) is 19.2. The predicted molar refractivity (Wildman–Crippen MR) is 108 cm³/mol. The highest BCUT2D eigenvalue weighted by molar-refractivity contribution is 5.87. The molecule has 1 atom stereocenters. The lowest BCUT2D eigenvalue weighted by Gasteiger charge is -2.18. The Morgan fingerprint density at radius 3 is 2.37 bits per heavy atom. The highest BCUT2D eigenvalue weighted by Crippen LogP contribution is 2.33. The minimum absolute atomic E-state index is 0.0529. The molecular formula is C23H25NO3. The first-order valence-corrected chi connectivity index (χ1v) is 9.09. The van der Waals surface area contributed by atoms with Crippen LogP contribution in [0.15, 0.2) is 60.7 Å². The molecule has 0 aromatic heterocycles. The summed E-state index contributed by atoms with van der Waals surface area (Å²) in [5, 5.41) is 2.37. The van der Waals surface area contributed by atoms with Gasteiger partial charge in [-0.25, -0.2) is 0 Å². The standard InChI is InChI=1S/C23H25NO3/c1-26-19-11-7-16(8-12-19)18(15-23(24)25)9-13-21-20-6-4-3-5-17(20)10-14-22(21)27-2/h3-8,10-12,14,18H,9,13,15H2,1-2H3,(H2,24,25). The lowest BCUT2D eigenvalue weighted by atomic mass is 9.88. The average Bonchev–Trinajstić information content (AvgIpc) is 2.70. The van der Waals surface area contributed by atoms with Crippen LogP contribution in [0.2, 0.25) is 0 Å². The molecule has 4 heteroatoms. The quantitative estimate of drug-likeness (QED) is 0.643. The largest absolute Gasteiger partial charge is 0.497 e. The number of hydrogen-bond donors (Lipinski definition) is 1. The number of amides is 1. The van der Waals surface area contributed by atoms with Gasteiger partial charge in [-0.15, -0.1) is 0 Å². The van der Waals surface area contributed by atoms with E-state index in [1.807, 2.05) is 42.5 Å². The molecule has 0 heterocycles. The molecule has 2 N–H and O–H groups in total. The molecule has 0 aliphatic carbocycles. The maximum Gasteiger partial charge on any atom is 0.218 e. The number of ether oxygens (including phenoxy) is 2. The number of hydrogen-bond acceptors (Lipinski definition) is 3. The van der Waals surface area contributed by atoms with Crippen LogP contribution in [0, 0.1) is 0 Å². The molecule has 3 rings (SSSR count). The van der Waals surface area contributed by atoms with E-state index >= 15 is 0 Å². The first-order chi connectivity index (χ1) is 13.1. The zero-order valence-corrected chi connectivity index (χ0v) is 15.8. The van der Waals surface area contributed by atoms with Crippen LogP contribution < -0.4 is 15.2 Å². The molecule has 0 aliphatic heterocycles. The number of carbonyl (C=O) groups excluding carboxylic acids is 1. The molecule has 140 valence electrons. The highest BCUT2D eigenvalue weighted by atomic mass is 16.5. The van der Waals surface area contributed by atoms with Crippen LogP contribution in [0.4, 0.5) is 0 Å². The van der Waals surface area contributed by atoms with Gasteiger partial charge in [-0.3, -0.25) is 4.79 Å². The van der Waals surface area contributed by atoms with E-state index in [1.165, 1.54) is 16.3 Å². The Bertz CT molecular complexity index is 919. The van der Waals surface area contributed by atoms with Crippen LogP contribution in [0.5, 0.6) is 11.5 Å². The van der Waals surface area contributed by atoms with Crippen LogP contribution in [0.3, 0.4) is 0 Å². The Labute approximate surface area is 159 Å². The summed E-state index contributed by atoms with van der Waals surface area (Å²) in [7, 11) is 3.33. The third kappa shape index (κ3) is 4.40. The lowest BCUT2D eigenvalue weighted by molar-refractivity contribution is -0.118. The van der Waals surface area contributed by atoms with Crippen molar-refractivity contribution in [3.05, 3.63) is 71.8 Å². The number of nitrogens with two attached hydrogens (primary N) is 1. The monoisotopic (exact) mass is 363 g/mol. The van der Waals surface area contributed by atoms with E-state index in [0.29, 0.717) is 6.42 Å². The predicted octanol–water partition coefficient (Wildman–Crippen LogP) is 4.45. The number of carbonyl (C=O) groups is 1. The SMILES string of the molecule is COc1ccc(C(CCc2c(OC)ccc3ccccc23)CC(N)=O)cc1. The maximum absolute atomic E-state index is 11.6. The van der Waals surface area contributed by atoms with Gasteiger partial charge < -0.3 is 15.2 Å². The van der Waals surface area contributed by atoms with Gasteiger partial charge in [0.15, 0.2) is 0 Å². The van der Waals surface area contributed by atoms with Crippen molar-refractivity contribution >= 4 is 16.7 Å². The summed E-state index contributed by atoms with van der Waals surface area (Å²) in [6.45, 7) is 0. The van der Waals surface area contributed by atoms with E-state index in [9.17, 15) is 4.79 Å². The van der Waals surface area contributed by atoms with Crippen LogP contribution in [0.25, 0.3) is 10.8 Å². The molecule has 0 radical (unpaired) electrons. The van der Waals surface area contributed by atoms with Gasteiger partial charge in [0.1, 0.15) is 11.5 Å². The molecule has 0 spiro atoms. The molecular weight excluding hydrogens is 338 g/mol. The summed E-state index contributed by atoms with van der Waals surface area (Å²) in [6, 6.07) is 20.2. The Hall–Kier alpha value is -3.01. The number of fused-ring (bicyclic) bond motifs is 1. The third-order valence-electron chi connectivity index (χ3n) is 5.00. The van der Waals surface area contributed by atoms with Gasteiger partial charge in [-0.05, 0) is 53.3 Å². The van der Waals surface area contributed by atoms with E-state index in [0.717, 1.165) is 29.9 Å². The van der Waals surface area contributed by atoms with Crippen molar-refractivity contribution < 1.29 is 14.3 Å². The van der Waals surface area contributed by atoms with Crippen LogP contribution in [0.1, 0.15) is 29.9 Å². The van der Waals surface area contributed by atoms with Gasteiger partial charge >= 0.3 is 0 Å². The van der Waals surface area contributed by atoms with Gasteiger partial charge in [-0.2, -0.15) is 0 Å². The van der Waals surface area contributed by atoms with Gasteiger partial charge in [0.25, 0.3) is 0 Å². The zero-order valence-electron chi connectivity index (χ0n) is 15.8. The molecule has 4 nitrogen and oxygen atoms in total. The van der Waals surface area contributed by atoms with Gasteiger partial charge in [0.05, 0.1) is 14.2 Å². The van der Waals surface area contributed by atoms with Crippen molar-refractivity contribution in [2.75, 3.05) is 14.2 Å². The summed E-state index contributed by atoms with van der Waals surface area (Å²) in [5.74, 6) is 1.44. The minimum Gasteiger partial charge on any atom is -0.497 e. The Kier molecular flexibility index (Phi) is 5.97. The first kappa shape index (κ1) is 18.8. The number of rotatable bonds is 8. The second kappa shape index (κ2) is 8.58. The summed E-state index contributed by atoms with van der Waals surface area (Å²) in [6.07, 6.45) is 1.92. The fourth-order valence-corrected chi connectivity index (χ4v) is 3.59. The van der Waals surface area contributed by atoms with Crippen molar-refractivity contribution in [3.63, 3.8) is 0 Å². The Morgan fingerprint density at radius 1 is 0.963 bits per heavy atom. The second-order valence-corrected chi connectivity index (χ2v) is 6.65. The van der Waals surface area contributed by atoms with Crippen molar-refractivity contribution in [1.29, 1.82) is 0 Å².